The van der Waals surface area contributed by atoms with Gasteiger partial charge in [0.2, 0.25) is 0 Å². The Bertz CT molecular complexity index is 396. The molecular weight excluding hydrogens is 208 g/mol. The van der Waals surface area contributed by atoms with E-state index >= 15 is 0 Å². The molecule has 2 heterocycles. The lowest BCUT2D eigenvalue weighted by Crippen LogP contribution is -2.05. The van der Waals surface area contributed by atoms with Gasteiger partial charge in [0.25, 0.3) is 0 Å². The van der Waals surface area contributed by atoms with E-state index in [2.05, 4.69) is 26.3 Å². The van der Waals surface area contributed by atoms with Crippen molar-refractivity contribution in [1.29, 1.82) is 0 Å². The molecule has 0 unspecified atom stereocenters. The lowest BCUT2D eigenvalue weighted by molar-refractivity contribution is 0.809. The molecule has 2 N–H and O–H groups in total. The van der Waals surface area contributed by atoms with Gasteiger partial charge in [-0.3, -0.25) is 0 Å². The van der Waals surface area contributed by atoms with Gasteiger partial charge < -0.3 is 10.3 Å². The first kappa shape index (κ1) is 10.2. The fourth-order valence-corrected chi connectivity index (χ4v) is 1.87. The number of aromatic nitrogens is 3. The quantitative estimate of drug-likeness (QED) is 0.823. The smallest absolute Gasteiger partial charge is 0.171 e. The van der Waals surface area contributed by atoms with Gasteiger partial charge in [0.05, 0.1) is 0 Å². The molecule has 2 aromatic heterocycles. The van der Waals surface area contributed by atoms with Gasteiger partial charge in [0, 0.05) is 25.1 Å². The SMILES string of the molecule is CNCc1ccc(Sc2ncc[nH]2)nc1. The van der Waals surface area contributed by atoms with Crippen LogP contribution in [0.4, 0.5) is 0 Å². The number of nitrogens with one attached hydrogen (secondary N) is 2. The number of rotatable bonds is 4. The first-order valence-electron chi connectivity index (χ1n) is 4.65. The molecule has 2 rings (SSSR count). The van der Waals surface area contributed by atoms with Crippen LogP contribution in [0.2, 0.25) is 0 Å². The van der Waals surface area contributed by atoms with E-state index in [0.717, 1.165) is 16.7 Å². The molecule has 0 atom stereocenters. The zero-order valence-electron chi connectivity index (χ0n) is 8.40. The second-order valence-electron chi connectivity index (χ2n) is 3.03. The van der Waals surface area contributed by atoms with Crippen molar-refractivity contribution in [3.8, 4) is 0 Å². The van der Waals surface area contributed by atoms with Gasteiger partial charge >= 0.3 is 0 Å². The molecule has 0 saturated heterocycles. The van der Waals surface area contributed by atoms with Crippen LogP contribution in [0.3, 0.4) is 0 Å². The summed E-state index contributed by atoms with van der Waals surface area (Å²) in [6.07, 6.45) is 5.41. The van der Waals surface area contributed by atoms with E-state index in [-0.39, 0.29) is 0 Å². The molecule has 2 aromatic rings. The summed E-state index contributed by atoms with van der Waals surface area (Å²) in [5, 5.41) is 4.90. The van der Waals surface area contributed by atoms with Crippen LogP contribution in [0.15, 0.2) is 40.9 Å². The van der Waals surface area contributed by atoms with Crippen molar-refractivity contribution >= 4 is 11.8 Å². The maximum absolute atomic E-state index is 4.34. The average molecular weight is 220 g/mol. The number of imidazole rings is 1. The van der Waals surface area contributed by atoms with Crippen LogP contribution < -0.4 is 5.32 Å². The average Bonchev–Trinajstić information content (AvgIpc) is 2.74. The summed E-state index contributed by atoms with van der Waals surface area (Å²) < 4.78 is 0. The summed E-state index contributed by atoms with van der Waals surface area (Å²) >= 11 is 1.52. The Kier molecular flexibility index (Phi) is 3.37. The molecule has 78 valence electrons. The lowest BCUT2D eigenvalue weighted by atomic mass is 10.3. The van der Waals surface area contributed by atoms with E-state index in [4.69, 9.17) is 0 Å². The highest BCUT2D eigenvalue weighted by molar-refractivity contribution is 7.99. The summed E-state index contributed by atoms with van der Waals surface area (Å²) in [5.41, 5.74) is 1.18. The zero-order valence-corrected chi connectivity index (χ0v) is 9.21. The van der Waals surface area contributed by atoms with E-state index in [1.54, 1.807) is 12.4 Å². The maximum Gasteiger partial charge on any atom is 0.171 e. The van der Waals surface area contributed by atoms with Crippen molar-refractivity contribution in [2.75, 3.05) is 7.05 Å². The number of aromatic amines is 1. The van der Waals surface area contributed by atoms with Gasteiger partial charge in [-0.25, -0.2) is 9.97 Å². The Balaban J connectivity index is 2.04. The van der Waals surface area contributed by atoms with E-state index in [1.807, 2.05) is 19.3 Å². The third-order valence-corrected chi connectivity index (χ3v) is 2.72. The second-order valence-corrected chi connectivity index (χ2v) is 4.04. The fraction of sp³-hybridized carbons (Fsp3) is 0.200. The van der Waals surface area contributed by atoms with Crippen molar-refractivity contribution in [3.05, 3.63) is 36.3 Å². The Hall–Kier alpha value is -1.33. The lowest BCUT2D eigenvalue weighted by Gasteiger charge is -2.00. The van der Waals surface area contributed by atoms with E-state index < -0.39 is 0 Å². The van der Waals surface area contributed by atoms with Crippen LogP contribution in [-0.2, 0) is 6.54 Å². The predicted molar refractivity (Wildman–Crippen MR) is 59.7 cm³/mol. The second kappa shape index (κ2) is 4.95. The van der Waals surface area contributed by atoms with Gasteiger partial charge in [-0.1, -0.05) is 6.07 Å². The molecule has 0 radical (unpaired) electrons. The summed E-state index contributed by atoms with van der Waals surface area (Å²) in [5.74, 6) is 0. The molecule has 0 aliphatic carbocycles. The van der Waals surface area contributed by atoms with E-state index in [9.17, 15) is 0 Å². The van der Waals surface area contributed by atoms with Crippen LogP contribution in [0, 0.1) is 0 Å². The molecule has 4 nitrogen and oxygen atoms in total. The monoisotopic (exact) mass is 220 g/mol. The highest BCUT2D eigenvalue weighted by Crippen LogP contribution is 2.21. The predicted octanol–water partition coefficient (Wildman–Crippen LogP) is 1.68. The van der Waals surface area contributed by atoms with Crippen molar-refractivity contribution in [1.82, 2.24) is 20.3 Å². The molecule has 0 aromatic carbocycles. The van der Waals surface area contributed by atoms with Gasteiger partial charge in [0.15, 0.2) is 5.16 Å². The van der Waals surface area contributed by atoms with Gasteiger partial charge in [-0.15, -0.1) is 0 Å². The van der Waals surface area contributed by atoms with Gasteiger partial charge in [-0.05, 0) is 30.4 Å². The maximum atomic E-state index is 4.34. The summed E-state index contributed by atoms with van der Waals surface area (Å²) in [6.45, 7) is 0.846. The van der Waals surface area contributed by atoms with E-state index in [1.165, 1.54) is 17.3 Å². The third-order valence-electron chi connectivity index (χ3n) is 1.85. The molecule has 0 saturated carbocycles. The van der Waals surface area contributed by atoms with Crippen LogP contribution in [0.25, 0.3) is 0 Å². The number of hydrogen-bond acceptors (Lipinski definition) is 4. The van der Waals surface area contributed by atoms with Crippen LogP contribution >= 0.6 is 11.8 Å². The van der Waals surface area contributed by atoms with Crippen LogP contribution in [-0.4, -0.2) is 22.0 Å². The Morgan fingerprint density at radius 2 is 2.33 bits per heavy atom. The van der Waals surface area contributed by atoms with Crippen molar-refractivity contribution < 1.29 is 0 Å². The highest BCUT2D eigenvalue weighted by Gasteiger charge is 2.00. The molecular formula is C10H12N4S. The Labute approximate surface area is 92.5 Å². The summed E-state index contributed by atoms with van der Waals surface area (Å²) in [7, 11) is 1.92. The minimum Gasteiger partial charge on any atom is -0.339 e. The normalized spacial score (nSPS) is 10.5. The Morgan fingerprint density at radius 3 is 2.93 bits per heavy atom. The molecule has 0 spiro atoms. The van der Waals surface area contributed by atoms with Crippen molar-refractivity contribution in [2.24, 2.45) is 0 Å². The largest absolute Gasteiger partial charge is 0.339 e. The molecule has 0 amide bonds. The first-order chi connectivity index (χ1) is 7.38. The van der Waals surface area contributed by atoms with Gasteiger partial charge in [-0.2, -0.15) is 0 Å². The minimum atomic E-state index is 0.846. The zero-order chi connectivity index (χ0) is 10.5. The highest BCUT2D eigenvalue weighted by atomic mass is 32.2. The molecule has 0 fully saturated rings. The van der Waals surface area contributed by atoms with Crippen molar-refractivity contribution in [2.45, 2.75) is 16.7 Å². The number of H-pyrrole nitrogens is 1. The molecule has 0 aliphatic heterocycles. The minimum absolute atomic E-state index is 0.846. The Morgan fingerprint density at radius 1 is 1.40 bits per heavy atom. The van der Waals surface area contributed by atoms with Crippen molar-refractivity contribution in [3.63, 3.8) is 0 Å². The van der Waals surface area contributed by atoms with Crippen LogP contribution in [0.5, 0.6) is 0 Å². The molecule has 0 aliphatic rings. The number of hydrogen-bond donors (Lipinski definition) is 2. The number of pyridine rings is 1. The standard InChI is InChI=1S/C10H12N4S/c1-11-6-8-2-3-9(14-7-8)15-10-12-4-5-13-10/h2-5,7,11H,6H2,1H3,(H,12,13). The number of nitrogens with zero attached hydrogens (tertiary/aromatic N) is 2. The van der Waals surface area contributed by atoms with Crippen LogP contribution in [0.1, 0.15) is 5.56 Å². The summed E-state index contributed by atoms with van der Waals surface area (Å²) in [4.78, 5) is 11.5. The molecule has 5 heteroatoms. The molecule has 15 heavy (non-hydrogen) atoms. The van der Waals surface area contributed by atoms with E-state index in [0.29, 0.717) is 0 Å². The van der Waals surface area contributed by atoms with Gasteiger partial charge in [0.1, 0.15) is 5.03 Å². The summed E-state index contributed by atoms with van der Waals surface area (Å²) in [6, 6.07) is 4.06. The third kappa shape index (κ3) is 2.81. The fourth-order valence-electron chi connectivity index (χ4n) is 1.19. The molecule has 0 bridgehead atoms. The topological polar surface area (TPSA) is 53.6 Å². The first-order valence-corrected chi connectivity index (χ1v) is 5.47.